The van der Waals surface area contributed by atoms with Crippen molar-refractivity contribution in [3.8, 4) is 0 Å². The fraction of sp³-hybridized carbons (Fsp3) is 1.00. The Hall–Kier alpha value is -0.240. The molecule has 0 saturated heterocycles. The van der Waals surface area contributed by atoms with Crippen LogP contribution in [0.25, 0.3) is 0 Å². The van der Waals surface area contributed by atoms with E-state index in [2.05, 4.69) is 4.74 Å². The highest BCUT2D eigenvalue weighted by atomic mass is 16.5. The van der Waals surface area contributed by atoms with Gasteiger partial charge in [0, 0.05) is 0 Å². The third-order valence-electron chi connectivity index (χ3n) is 0.844. The zero-order valence-electron chi connectivity index (χ0n) is 5.53. The van der Waals surface area contributed by atoms with Crippen LogP contribution in [0.3, 0.4) is 0 Å². The second-order valence-corrected chi connectivity index (χ2v) is 1.90. The van der Waals surface area contributed by atoms with Gasteiger partial charge in [0.15, 0.2) is 6.23 Å². The van der Waals surface area contributed by atoms with Crippen molar-refractivity contribution in [2.24, 2.45) is 17.2 Å². The smallest absolute Gasteiger partial charge is 0.208 e. The molecule has 0 spiro atoms. The van der Waals surface area contributed by atoms with Gasteiger partial charge < -0.3 is 20.7 Å². The van der Waals surface area contributed by atoms with Gasteiger partial charge in [-0.2, -0.15) is 0 Å². The number of aliphatic hydroxyl groups is 2. The van der Waals surface area contributed by atoms with Crippen LogP contribution in [0.15, 0.2) is 0 Å². The average Bonchev–Trinajstić information content (AvgIpc) is 1.80. The Kier molecular flexibility index (Phi) is 3.72. The van der Waals surface area contributed by atoms with E-state index in [0.717, 1.165) is 0 Å². The number of nitrogens with two attached hydrogens (primary N) is 3. The molecule has 0 aliphatic carbocycles. The maximum absolute atomic E-state index is 8.74. The highest BCUT2D eigenvalue weighted by molar-refractivity contribution is 4.68. The van der Waals surface area contributed by atoms with Crippen molar-refractivity contribution in [1.82, 2.24) is 0 Å². The number of ether oxygens (including phenoxy) is 1. The van der Waals surface area contributed by atoms with Crippen molar-refractivity contribution < 1.29 is 14.9 Å². The van der Waals surface area contributed by atoms with E-state index in [-0.39, 0.29) is 13.2 Å². The first-order chi connectivity index (χ1) is 4.48. The van der Waals surface area contributed by atoms with Gasteiger partial charge in [0.05, 0.1) is 13.2 Å². The van der Waals surface area contributed by atoms with Crippen LogP contribution in [0.4, 0.5) is 0 Å². The molecule has 0 fully saturated rings. The summed E-state index contributed by atoms with van der Waals surface area (Å²) in [4.78, 5) is 0. The van der Waals surface area contributed by atoms with Crippen molar-refractivity contribution in [2.75, 3.05) is 13.2 Å². The van der Waals surface area contributed by atoms with Crippen LogP contribution in [0.2, 0.25) is 0 Å². The largest absolute Gasteiger partial charge is 0.394 e. The molecule has 8 N–H and O–H groups in total. The molecule has 0 saturated carbocycles. The number of rotatable bonds is 4. The quantitative estimate of drug-likeness (QED) is 0.270. The van der Waals surface area contributed by atoms with Crippen LogP contribution >= 0.6 is 0 Å². The minimum absolute atomic E-state index is 0.00211. The van der Waals surface area contributed by atoms with Crippen molar-refractivity contribution in [1.29, 1.82) is 0 Å². The lowest BCUT2D eigenvalue weighted by atomic mass is 10.4. The number of aliphatic hydroxyl groups excluding tert-OH is 1. The summed E-state index contributed by atoms with van der Waals surface area (Å²) in [6, 6.07) is 0. The van der Waals surface area contributed by atoms with Crippen LogP contribution in [0.5, 0.6) is 0 Å². The molecule has 0 amide bonds. The van der Waals surface area contributed by atoms with E-state index in [1.54, 1.807) is 0 Å². The summed E-state index contributed by atoms with van der Waals surface area (Å²) in [5.74, 6) is -2.05. The zero-order valence-corrected chi connectivity index (χ0v) is 5.53. The van der Waals surface area contributed by atoms with Crippen molar-refractivity contribution >= 4 is 0 Å². The Balaban J connectivity index is 3.52. The third-order valence-corrected chi connectivity index (χ3v) is 0.844. The van der Waals surface area contributed by atoms with Gasteiger partial charge in [0.2, 0.25) is 5.85 Å². The van der Waals surface area contributed by atoms with Gasteiger partial charge >= 0.3 is 0 Å². The molecule has 10 heavy (non-hydrogen) atoms. The molecule has 0 heterocycles. The van der Waals surface area contributed by atoms with Crippen LogP contribution in [0.1, 0.15) is 0 Å². The molecule has 6 heteroatoms. The van der Waals surface area contributed by atoms with E-state index >= 15 is 0 Å². The monoisotopic (exact) mass is 151 g/mol. The van der Waals surface area contributed by atoms with Gasteiger partial charge in [-0.25, -0.2) is 0 Å². The van der Waals surface area contributed by atoms with Crippen molar-refractivity contribution in [3.05, 3.63) is 0 Å². The fourth-order valence-corrected chi connectivity index (χ4v) is 0.313. The highest BCUT2D eigenvalue weighted by Gasteiger charge is 2.24. The Morgan fingerprint density at radius 2 is 2.00 bits per heavy atom. The van der Waals surface area contributed by atoms with E-state index in [1.165, 1.54) is 0 Å². The standard InChI is InChI=1S/C4H13N3O3/c5-3(4(6,7)9)10-2-1-8/h3,8-9H,1-2,5-7H2. The minimum Gasteiger partial charge on any atom is -0.394 e. The van der Waals surface area contributed by atoms with Gasteiger partial charge in [-0.3, -0.25) is 11.5 Å². The van der Waals surface area contributed by atoms with E-state index in [0.29, 0.717) is 0 Å². The van der Waals surface area contributed by atoms with Gasteiger partial charge in [0.25, 0.3) is 0 Å². The number of hydrogen-bond donors (Lipinski definition) is 5. The zero-order chi connectivity index (χ0) is 8.20. The third kappa shape index (κ3) is 3.72. The predicted octanol–water partition coefficient (Wildman–Crippen LogP) is -3.16. The van der Waals surface area contributed by atoms with Gasteiger partial charge in [-0.15, -0.1) is 0 Å². The average molecular weight is 151 g/mol. The highest BCUT2D eigenvalue weighted by Crippen LogP contribution is 1.92. The molecule has 0 aromatic carbocycles. The van der Waals surface area contributed by atoms with E-state index in [9.17, 15) is 0 Å². The van der Waals surface area contributed by atoms with Crippen LogP contribution < -0.4 is 17.2 Å². The molecule has 1 unspecified atom stereocenters. The normalized spacial score (nSPS) is 15.3. The second kappa shape index (κ2) is 3.81. The Morgan fingerprint density at radius 3 is 2.30 bits per heavy atom. The molecule has 0 aliphatic rings. The van der Waals surface area contributed by atoms with E-state index < -0.39 is 12.1 Å². The summed E-state index contributed by atoms with van der Waals surface area (Å²) in [5.41, 5.74) is 14.9. The van der Waals surface area contributed by atoms with Gasteiger partial charge in [0.1, 0.15) is 0 Å². The Bertz CT molecular complexity index is 92.2. The van der Waals surface area contributed by atoms with Gasteiger partial charge in [-0.05, 0) is 0 Å². The van der Waals surface area contributed by atoms with Crippen molar-refractivity contribution in [2.45, 2.75) is 12.1 Å². The van der Waals surface area contributed by atoms with Crippen LogP contribution in [-0.2, 0) is 4.74 Å². The lowest BCUT2D eigenvalue weighted by molar-refractivity contribution is -0.105. The van der Waals surface area contributed by atoms with Crippen molar-refractivity contribution in [3.63, 3.8) is 0 Å². The maximum atomic E-state index is 8.74. The first kappa shape index (κ1) is 9.76. The second-order valence-electron chi connectivity index (χ2n) is 1.90. The molecule has 0 bridgehead atoms. The topological polar surface area (TPSA) is 128 Å². The minimum atomic E-state index is -2.05. The first-order valence-corrected chi connectivity index (χ1v) is 2.76. The molecule has 0 aliphatic heterocycles. The first-order valence-electron chi connectivity index (χ1n) is 2.76. The lowest BCUT2D eigenvalue weighted by Crippen LogP contribution is -2.63. The summed E-state index contributed by atoms with van der Waals surface area (Å²) in [7, 11) is 0. The molecule has 0 rings (SSSR count). The SMILES string of the molecule is NC(OCCO)C(N)(N)O. The summed E-state index contributed by atoms with van der Waals surface area (Å²) >= 11 is 0. The van der Waals surface area contributed by atoms with Crippen LogP contribution in [0, 0.1) is 0 Å². The maximum Gasteiger partial charge on any atom is 0.208 e. The summed E-state index contributed by atoms with van der Waals surface area (Å²) in [6.07, 6.45) is -1.18. The number of hydrogen-bond acceptors (Lipinski definition) is 6. The molecular formula is C4H13N3O3. The molecule has 0 aromatic rings. The van der Waals surface area contributed by atoms with Crippen LogP contribution in [-0.4, -0.2) is 35.5 Å². The summed E-state index contributed by atoms with van der Waals surface area (Å²) in [5, 5.41) is 17.0. The predicted molar refractivity (Wildman–Crippen MR) is 34.3 cm³/mol. The summed E-state index contributed by atoms with van der Waals surface area (Å²) < 4.78 is 4.58. The molecule has 62 valence electrons. The Labute approximate surface area is 58.6 Å². The molecule has 6 nitrogen and oxygen atoms in total. The van der Waals surface area contributed by atoms with Gasteiger partial charge in [-0.1, -0.05) is 0 Å². The fourth-order valence-electron chi connectivity index (χ4n) is 0.313. The van der Waals surface area contributed by atoms with E-state index in [1.807, 2.05) is 0 Å². The summed E-state index contributed by atoms with van der Waals surface area (Å²) in [6.45, 7) is -0.193. The molecule has 0 radical (unpaired) electrons. The Morgan fingerprint density at radius 1 is 1.50 bits per heavy atom. The molecule has 0 aromatic heterocycles. The molecule has 1 atom stereocenters. The van der Waals surface area contributed by atoms with E-state index in [4.69, 9.17) is 27.4 Å². The molecular weight excluding hydrogens is 138 g/mol. The lowest BCUT2D eigenvalue weighted by Gasteiger charge is -2.24.